The summed E-state index contributed by atoms with van der Waals surface area (Å²) in [5.41, 5.74) is -0.748. The van der Waals surface area contributed by atoms with Crippen molar-refractivity contribution in [2.24, 2.45) is 0 Å². The molecule has 1 aromatic carbocycles. The van der Waals surface area contributed by atoms with Crippen LogP contribution in [0.3, 0.4) is 0 Å². The number of nitrogens with one attached hydrogen (secondary N) is 1. The number of hydrogen-bond donors (Lipinski definition) is 2. The van der Waals surface area contributed by atoms with Gasteiger partial charge >= 0.3 is 5.97 Å². The largest absolute Gasteiger partial charge is 0.496 e. The third-order valence-corrected chi connectivity index (χ3v) is 6.16. The molecule has 0 spiro atoms. The quantitative estimate of drug-likeness (QED) is 0.843. The van der Waals surface area contributed by atoms with Gasteiger partial charge in [0, 0.05) is 5.75 Å². The van der Waals surface area contributed by atoms with Crippen LogP contribution in [0.1, 0.15) is 12.0 Å². The van der Waals surface area contributed by atoms with Crippen LogP contribution in [-0.2, 0) is 14.8 Å². The smallest absolute Gasteiger partial charge is 0.325 e. The topological polar surface area (TPSA) is 92.7 Å². The number of aliphatic carboxylic acids is 1. The van der Waals surface area contributed by atoms with Crippen LogP contribution in [0.5, 0.6) is 5.75 Å². The van der Waals surface area contributed by atoms with Crippen LogP contribution in [0.25, 0.3) is 0 Å². The molecule has 0 radical (unpaired) electrons. The summed E-state index contributed by atoms with van der Waals surface area (Å²) in [5.74, 6) is 0.298. The van der Waals surface area contributed by atoms with Crippen molar-refractivity contribution in [1.29, 1.82) is 0 Å². The number of ether oxygens (including phenoxy) is 1. The molecule has 1 aliphatic rings. The standard InChI is InChI=1S/C13H17NO5S2/c1-9-7-10(3-4-11(9)19-2)21(17,18)14-13(12(15)16)5-6-20-8-13/h3-4,7,14H,5-6,8H2,1-2H3,(H,15,16). The predicted molar refractivity (Wildman–Crippen MR) is 80.4 cm³/mol. The van der Waals surface area contributed by atoms with Gasteiger partial charge in [0.2, 0.25) is 10.0 Å². The number of carbonyl (C=O) groups is 1. The lowest BCUT2D eigenvalue weighted by Crippen LogP contribution is -2.54. The van der Waals surface area contributed by atoms with Crippen LogP contribution < -0.4 is 9.46 Å². The van der Waals surface area contributed by atoms with Gasteiger partial charge in [0.05, 0.1) is 12.0 Å². The highest BCUT2D eigenvalue weighted by Crippen LogP contribution is 2.30. The molecule has 21 heavy (non-hydrogen) atoms. The van der Waals surface area contributed by atoms with Crippen LogP contribution >= 0.6 is 11.8 Å². The molecule has 8 heteroatoms. The van der Waals surface area contributed by atoms with E-state index in [-0.39, 0.29) is 17.1 Å². The van der Waals surface area contributed by atoms with E-state index in [0.717, 1.165) is 0 Å². The number of aryl methyl sites for hydroxylation is 1. The molecule has 2 rings (SSSR count). The van der Waals surface area contributed by atoms with Gasteiger partial charge in [0.15, 0.2) is 0 Å². The molecule has 1 unspecified atom stereocenters. The zero-order valence-electron chi connectivity index (χ0n) is 11.8. The first-order chi connectivity index (χ1) is 9.81. The van der Waals surface area contributed by atoms with E-state index in [1.165, 1.54) is 31.0 Å². The average molecular weight is 331 g/mol. The molecule has 0 amide bonds. The van der Waals surface area contributed by atoms with Crippen LogP contribution in [-0.4, -0.2) is 43.6 Å². The summed E-state index contributed by atoms with van der Waals surface area (Å²) in [6.45, 7) is 1.73. The molecule has 1 aromatic rings. The van der Waals surface area contributed by atoms with Crippen LogP contribution in [0.2, 0.25) is 0 Å². The van der Waals surface area contributed by atoms with Crippen LogP contribution in [0, 0.1) is 6.92 Å². The van der Waals surface area contributed by atoms with Gasteiger partial charge in [-0.25, -0.2) is 8.42 Å². The first-order valence-electron chi connectivity index (χ1n) is 6.30. The third-order valence-electron chi connectivity index (χ3n) is 3.44. The molecule has 0 aliphatic carbocycles. The summed E-state index contributed by atoms with van der Waals surface area (Å²) in [6.07, 6.45) is 0.279. The Morgan fingerprint density at radius 2 is 2.19 bits per heavy atom. The van der Waals surface area contributed by atoms with Crippen molar-refractivity contribution in [3.05, 3.63) is 23.8 Å². The SMILES string of the molecule is COc1ccc(S(=O)(=O)NC2(C(=O)O)CCSC2)cc1C. The van der Waals surface area contributed by atoms with Crippen molar-refractivity contribution in [2.75, 3.05) is 18.6 Å². The lowest BCUT2D eigenvalue weighted by molar-refractivity contribution is -0.142. The van der Waals surface area contributed by atoms with E-state index >= 15 is 0 Å². The van der Waals surface area contributed by atoms with Gasteiger partial charge in [-0.15, -0.1) is 0 Å². The second kappa shape index (κ2) is 5.86. The highest BCUT2D eigenvalue weighted by atomic mass is 32.2. The molecule has 6 nitrogen and oxygen atoms in total. The van der Waals surface area contributed by atoms with Crippen molar-refractivity contribution in [3.63, 3.8) is 0 Å². The van der Waals surface area contributed by atoms with Crippen LogP contribution in [0.15, 0.2) is 23.1 Å². The lowest BCUT2D eigenvalue weighted by Gasteiger charge is -2.24. The highest BCUT2D eigenvalue weighted by molar-refractivity contribution is 7.99. The Labute approximate surface area is 127 Å². The van der Waals surface area contributed by atoms with E-state index in [1.54, 1.807) is 13.0 Å². The highest BCUT2D eigenvalue weighted by Gasteiger charge is 2.45. The second-order valence-electron chi connectivity index (χ2n) is 4.93. The number of benzene rings is 1. The minimum absolute atomic E-state index is 0.0401. The Hall–Kier alpha value is -1.25. The Kier molecular flexibility index (Phi) is 4.50. The van der Waals surface area contributed by atoms with Crippen molar-refractivity contribution in [2.45, 2.75) is 23.8 Å². The maximum absolute atomic E-state index is 12.4. The number of hydrogen-bond acceptors (Lipinski definition) is 5. The van der Waals surface area contributed by atoms with Crippen molar-refractivity contribution < 1.29 is 23.1 Å². The van der Waals surface area contributed by atoms with Gasteiger partial charge in [-0.3, -0.25) is 4.79 Å². The number of carboxylic acid groups (broad SMARTS) is 1. The monoisotopic (exact) mass is 331 g/mol. The molecule has 1 heterocycles. The molecule has 0 saturated carbocycles. The van der Waals surface area contributed by atoms with Gasteiger partial charge in [0.1, 0.15) is 11.3 Å². The fraction of sp³-hybridized carbons (Fsp3) is 0.462. The Morgan fingerprint density at radius 3 is 2.67 bits per heavy atom. The maximum atomic E-state index is 12.4. The Balaban J connectivity index is 2.34. The summed E-state index contributed by atoms with van der Waals surface area (Å²) in [7, 11) is -2.39. The third kappa shape index (κ3) is 3.17. The number of thioether (sulfide) groups is 1. The molecule has 1 aliphatic heterocycles. The minimum atomic E-state index is -3.89. The molecule has 0 aromatic heterocycles. The van der Waals surface area contributed by atoms with E-state index in [1.807, 2.05) is 0 Å². The number of methoxy groups -OCH3 is 1. The Morgan fingerprint density at radius 1 is 1.48 bits per heavy atom. The van der Waals surface area contributed by atoms with E-state index in [2.05, 4.69) is 4.72 Å². The van der Waals surface area contributed by atoms with Gasteiger partial charge in [-0.05, 0) is 42.9 Å². The van der Waals surface area contributed by atoms with E-state index in [4.69, 9.17) is 4.74 Å². The van der Waals surface area contributed by atoms with Gasteiger partial charge < -0.3 is 9.84 Å². The number of sulfonamides is 1. The summed E-state index contributed by atoms with van der Waals surface area (Å²) in [5, 5.41) is 9.35. The number of rotatable bonds is 5. The molecule has 116 valence electrons. The molecule has 1 atom stereocenters. The van der Waals surface area contributed by atoms with Gasteiger partial charge in [-0.2, -0.15) is 16.5 Å². The molecule has 1 fully saturated rings. The fourth-order valence-corrected chi connectivity index (χ4v) is 5.08. The summed E-state index contributed by atoms with van der Waals surface area (Å²) in [6, 6.07) is 4.44. The first kappa shape index (κ1) is 16.1. The van der Waals surface area contributed by atoms with E-state index < -0.39 is 21.5 Å². The molecule has 0 bridgehead atoms. The Bertz CT molecular complexity index is 651. The van der Waals surface area contributed by atoms with Crippen molar-refractivity contribution in [1.82, 2.24) is 4.72 Å². The maximum Gasteiger partial charge on any atom is 0.325 e. The summed E-state index contributed by atoms with van der Waals surface area (Å²) in [4.78, 5) is 11.5. The second-order valence-corrected chi connectivity index (χ2v) is 7.71. The summed E-state index contributed by atoms with van der Waals surface area (Å²) < 4.78 is 32.3. The molecular weight excluding hydrogens is 314 g/mol. The predicted octanol–water partition coefficient (Wildman–Crippen LogP) is 1.24. The zero-order chi connectivity index (χ0) is 15.7. The first-order valence-corrected chi connectivity index (χ1v) is 8.94. The fourth-order valence-electron chi connectivity index (χ4n) is 2.19. The van der Waals surface area contributed by atoms with Crippen molar-refractivity contribution >= 4 is 27.8 Å². The minimum Gasteiger partial charge on any atom is -0.496 e. The zero-order valence-corrected chi connectivity index (χ0v) is 13.4. The van der Waals surface area contributed by atoms with Gasteiger partial charge in [-0.1, -0.05) is 0 Å². The molecular formula is C13H17NO5S2. The van der Waals surface area contributed by atoms with E-state index in [0.29, 0.717) is 17.1 Å². The normalized spacial score (nSPS) is 22.2. The average Bonchev–Trinajstić information content (AvgIpc) is 2.87. The van der Waals surface area contributed by atoms with Crippen LogP contribution in [0.4, 0.5) is 0 Å². The lowest BCUT2D eigenvalue weighted by atomic mass is 10.0. The van der Waals surface area contributed by atoms with E-state index in [9.17, 15) is 18.3 Å². The summed E-state index contributed by atoms with van der Waals surface area (Å²) >= 11 is 1.43. The van der Waals surface area contributed by atoms with Crippen molar-refractivity contribution in [3.8, 4) is 5.75 Å². The van der Waals surface area contributed by atoms with Gasteiger partial charge in [0.25, 0.3) is 0 Å². The molecule has 1 saturated heterocycles. The number of carboxylic acids is 1. The molecule has 2 N–H and O–H groups in total.